The van der Waals surface area contributed by atoms with E-state index in [2.05, 4.69) is 9.98 Å². The molecule has 3 heterocycles. The van der Waals surface area contributed by atoms with Gasteiger partial charge < -0.3 is 14.5 Å². The number of rotatable bonds is 5. The minimum atomic E-state index is -0.328. The van der Waals surface area contributed by atoms with Crippen molar-refractivity contribution in [3.05, 3.63) is 11.0 Å². The van der Waals surface area contributed by atoms with Crippen LogP contribution in [0.1, 0.15) is 13.8 Å². The van der Waals surface area contributed by atoms with E-state index in [1.807, 2.05) is 13.0 Å². The summed E-state index contributed by atoms with van der Waals surface area (Å²) in [5.74, 6) is 0.722. The van der Waals surface area contributed by atoms with Crippen LogP contribution >= 0.6 is 23.5 Å². The molecule has 1 unspecified atom stereocenters. The summed E-state index contributed by atoms with van der Waals surface area (Å²) in [5, 5.41) is 0.782. The van der Waals surface area contributed by atoms with Gasteiger partial charge in [0.2, 0.25) is 5.91 Å². The first kappa shape index (κ1) is 19.9. The van der Waals surface area contributed by atoms with Crippen molar-refractivity contribution in [2.75, 3.05) is 44.3 Å². The fraction of sp³-hybridized carbons (Fsp3) is 0.588. The van der Waals surface area contributed by atoms with Crippen molar-refractivity contribution in [2.24, 2.45) is 15.9 Å². The molecule has 3 amide bonds. The average molecular weight is 411 g/mol. The summed E-state index contributed by atoms with van der Waals surface area (Å²) in [4.78, 5) is 49.0. The van der Waals surface area contributed by atoms with Crippen LogP contribution in [-0.2, 0) is 14.3 Å². The standard InChI is InChI=1S/C17H22N4O4S2/c1-3-25-17(24)21-6-4-20(5-7-21)14(22)10-26-9-13-18-15(23)12-8-11(2)27-16(12)19-13/h8,12H,3-7,9-10H2,1-2H3. The normalized spacial score (nSPS) is 22.1. The molecule has 1 atom stereocenters. The number of ether oxygens (including phenoxy) is 1. The summed E-state index contributed by atoms with van der Waals surface area (Å²) in [5.41, 5.74) is 0. The summed E-state index contributed by atoms with van der Waals surface area (Å²) >= 11 is 2.91. The predicted octanol–water partition coefficient (Wildman–Crippen LogP) is 1.62. The lowest BCUT2D eigenvalue weighted by atomic mass is 10.1. The fourth-order valence-corrected chi connectivity index (χ4v) is 4.68. The van der Waals surface area contributed by atoms with Crippen LogP contribution in [0, 0.1) is 5.92 Å². The molecule has 0 aromatic carbocycles. The molecule has 146 valence electrons. The molecule has 0 N–H and O–H groups in total. The van der Waals surface area contributed by atoms with Gasteiger partial charge >= 0.3 is 6.09 Å². The molecule has 0 aliphatic carbocycles. The van der Waals surface area contributed by atoms with Crippen LogP contribution in [0.3, 0.4) is 0 Å². The third-order valence-corrected chi connectivity index (χ3v) is 6.22. The van der Waals surface area contributed by atoms with E-state index < -0.39 is 0 Å². The molecule has 1 fully saturated rings. The van der Waals surface area contributed by atoms with Gasteiger partial charge in [0.05, 0.1) is 23.2 Å². The Balaban J connectivity index is 1.41. The molecular weight excluding hydrogens is 388 g/mol. The van der Waals surface area contributed by atoms with Crippen molar-refractivity contribution >= 4 is 52.3 Å². The van der Waals surface area contributed by atoms with Gasteiger partial charge in [-0.1, -0.05) is 17.8 Å². The van der Waals surface area contributed by atoms with Gasteiger partial charge in [-0.2, -0.15) is 4.99 Å². The SMILES string of the molecule is CCOC(=O)N1CCN(C(=O)CSCC2=NC(=O)C3C=C(C)SC3=N2)CC1. The van der Waals surface area contributed by atoms with Crippen LogP contribution in [0.25, 0.3) is 0 Å². The average Bonchev–Trinajstić information content (AvgIpc) is 3.03. The molecule has 3 rings (SSSR count). The summed E-state index contributed by atoms with van der Waals surface area (Å²) in [7, 11) is 0. The van der Waals surface area contributed by atoms with Gasteiger partial charge in [0, 0.05) is 26.2 Å². The van der Waals surface area contributed by atoms with Crippen LogP contribution in [0.4, 0.5) is 4.79 Å². The topological polar surface area (TPSA) is 91.6 Å². The molecule has 3 aliphatic heterocycles. The minimum absolute atomic E-state index is 0.0181. The lowest BCUT2D eigenvalue weighted by molar-refractivity contribution is -0.129. The van der Waals surface area contributed by atoms with Gasteiger partial charge in [-0.05, 0) is 18.8 Å². The van der Waals surface area contributed by atoms with Crippen molar-refractivity contribution in [1.82, 2.24) is 9.80 Å². The van der Waals surface area contributed by atoms with E-state index in [1.165, 1.54) is 23.5 Å². The highest BCUT2D eigenvalue weighted by atomic mass is 32.2. The second-order valence-electron chi connectivity index (χ2n) is 6.23. The molecule has 0 radical (unpaired) electrons. The van der Waals surface area contributed by atoms with E-state index >= 15 is 0 Å². The Bertz CT molecular complexity index is 726. The van der Waals surface area contributed by atoms with Crippen molar-refractivity contribution in [3.8, 4) is 0 Å². The number of amidine groups is 1. The predicted molar refractivity (Wildman–Crippen MR) is 107 cm³/mol. The number of allylic oxidation sites excluding steroid dienone is 1. The molecular formula is C17H22N4O4S2. The second kappa shape index (κ2) is 8.92. The van der Waals surface area contributed by atoms with Crippen molar-refractivity contribution in [2.45, 2.75) is 13.8 Å². The van der Waals surface area contributed by atoms with Gasteiger partial charge in [-0.3, -0.25) is 9.59 Å². The number of aliphatic imine (C=N–C) groups is 2. The van der Waals surface area contributed by atoms with Crippen LogP contribution in [-0.4, -0.2) is 82.9 Å². The number of carbonyl (C=O) groups excluding carboxylic acids is 3. The van der Waals surface area contributed by atoms with Crippen molar-refractivity contribution in [1.29, 1.82) is 0 Å². The Morgan fingerprint density at radius 2 is 1.96 bits per heavy atom. The molecule has 1 saturated heterocycles. The van der Waals surface area contributed by atoms with E-state index in [-0.39, 0.29) is 23.8 Å². The first-order valence-corrected chi connectivity index (χ1v) is 10.8. The minimum Gasteiger partial charge on any atom is -0.450 e. The van der Waals surface area contributed by atoms with Crippen LogP contribution in [0.5, 0.6) is 0 Å². The lowest BCUT2D eigenvalue weighted by Gasteiger charge is -2.34. The Hall–Kier alpha value is -1.81. The summed E-state index contributed by atoms with van der Waals surface area (Å²) in [6, 6.07) is 0. The highest BCUT2D eigenvalue weighted by molar-refractivity contribution is 8.17. The van der Waals surface area contributed by atoms with E-state index in [4.69, 9.17) is 4.74 Å². The number of amides is 3. The molecule has 3 aliphatic rings. The highest BCUT2D eigenvalue weighted by Crippen LogP contribution is 2.34. The summed E-state index contributed by atoms with van der Waals surface area (Å²) in [6.07, 6.45) is 1.56. The molecule has 0 spiro atoms. The summed E-state index contributed by atoms with van der Waals surface area (Å²) in [6.45, 7) is 6.04. The third-order valence-electron chi connectivity index (χ3n) is 4.29. The number of carbonyl (C=O) groups is 3. The quantitative estimate of drug-likeness (QED) is 0.684. The Morgan fingerprint density at radius 1 is 1.26 bits per heavy atom. The molecule has 27 heavy (non-hydrogen) atoms. The number of nitrogens with zero attached hydrogens (tertiary/aromatic N) is 4. The fourth-order valence-electron chi connectivity index (χ4n) is 2.93. The Morgan fingerprint density at radius 3 is 2.67 bits per heavy atom. The zero-order valence-corrected chi connectivity index (χ0v) is 17.0. The number of fused-ring (bicyclic) bond motifs is 1. The van der Waals surface area contributed by atoms with Gasteiger partial charge in [0.25, 0.3) is 5.91 Å². The zero-order valence-electron chi connectivity index (χ0n) is 15.3. The molecule has 0 aromatic heterocycles. The second-order valence-corrected chi connectivity index (χ2v) is 8.48. The van der Waals surface area contributed by atoms with Crippen LogP contribution < -0.4 is 0 Å². The zero-order chi connectivity index (χ0) is 19.4. The maximum atomic E-state index is 12.3. The lowest BCUT2D eigenvalue weighted by Crippen LogP contribution is -2.51. The van der Waals surface area contributed by atoms with E-state index in [9.17, 15) is 14.4 Å². The smallest absolute Gasteiger partial charge is 0.409 e. The molecule has 0 bridgehead atoms. The van der Waals surface area contributed by atoms with E-state index in [0.29, 0.717) is 50.1 Å². The third kappa shape index (κ3) is 4.92. The van der Waals surface area contributed by atoms with Gasteiger partial charge in [0.15, 0.2) is 0 Å². The Labute approximate surface area is 166 Å². The van der Waals surface area contributed by atoms with Crippen molar-refractivity contribution in [3.63, 3.8) is 0 Å². The number of thioether (sulfide) groups is 2. The van der Waals surface area contributed by atoms with Gasteiger partial charge in [0.1, 0.15) is 11.8 Å². The molecule has 10 heteroatoms. The van der Waals surface area contributed by atoms with E-state index in [1.54, 1.807) is 16.7 Å². The number of hydrogen-bond acceptors (Lipinski definition) is 7. The maximum Gasteiger partial charge on any atom is 0.409 e. The molecule has 8 nitrogen and oxygen atoms in total. The van der Waals surface area contributed by atoms with E-state index in [0.717, 1.165) is 9.95 Å². The number of piperazine rings is 1. The Kier molecular flexibility index (Phi) is 6.59. The van der Waals surface area contributed by atoms with Gasteiger partial charge in [-0.25, -0.2) is 9.79 Å². The van der Waals surface area contributed by atoms with Crippen molar-refractivity contribution < 1.29 is 19.1 Å². The first-order valence-electron chi connectivity index (χ1n) is 8.81. The highest BCUT2D eigenvalue weighted by Gasteiger charge is 2.32. The monoisotopic (exact) mass is 410 g/mol. The molecule has 0 saturated carbocycles. The first-order chi connectivity index (χ1) is 13.0. The number of hydrogen-bond donors (Lipinski definition) is 0. The molecule has 0 aromatic rings. The van der Waals surface area contributed by atoms with Gasteiger partial charge in [-0.15, -0.1) is 11.8 Å². The van der Waals surface area contributed by atoms with Crippen LogP contribution in [0.15, 0.2) is 21.0 Å². The summed E-state index contributed by atoms with van der Waals surface area (Å²) < 4.78 is 4.98. The largest absolute Gasteiger partial charge is 0.450 e. The van der Waals surface area contributed by atoms with Crippen LogP contribution in [0.2, 0.25) is 0 Å². The maximum absolute atomic E-state index is 12.3.